The topological polar surface area (TPSA) is 68.2 Å². The van der Waals surface area contributed by atoms with Crippen molar-refractivity contribution in [2.24, 2.45) is 0 Å². The third-order valence-electron chi connectivity index (χ3n) is 4.55. The molecule has 4 rings (SSSR count). The molecule has 8 heteroatoms. The number of ether oxygens (including phenoxy) is 1. The molecular formula is C21H20N4O2S2. The number of fused-ring (bicyclic) bond motifs is 1. The first kappa shape index (κ1) is 19.5. The van der Waals surface area contributed by atoms with Crippen LogP contribution in [0.1, 0.15) is 31.5 Å². The van der Waals surface area contributed by atoms with Crippen molar-refractivity contribution in [1.29, 1.82) is 0 Å². The summed E-state index contributed by atoms with van der Waals surface area (Å²) in [6.07, 6.45) is 3.49. The smallest absolute Gasteiger partial charge is 0.272 e. The van der Waals surface area contributed by atoms with Crippen LogP contribution in [0.3, 0.4) is 0 Å². The average Bonchev–Trinajstić information content (AvgIpc) is 3.30. The second-order valence-electron chi connectivity index (χ2n) is 6.66. The largest absolute Gasteiger partial charge is 0.494 e. The molecule has 6 nitrogen and oxygen atoms in total. The summed E-state index contributed by atoms with van der Waals surface area (Å²) in [6.45, 7) is 6.19. The lowest BCUT2D eigenvalue weighted by molar-refractivity contribution is 0.0988. The van der Waals surface area contributed by atoms with Gasteiger partial charge in [-0.3, -0.25) is 14.7 Å². The summed E-state index contributed by atoms with van der Waals surface area (Å²) in [5.74, 6) is 0.597. The van der Waals surface area contributed by atoms with Crippen molar-refractivity contribution in [3.05, 3.63) is 63.4 Å². The Balaban J connectivity index is 1.84. The van der Waals surface area contributed by atoms with Gasteiger partial charge < -0.3 is 4.74 Å². The van der Waals surface area contributed by atoms with Gasteiger partial charge in [-0.1, -0.05) is 23.5 Å². The summed E-state index contributed by atoms with van der Waals surface area (Å²) in [6, 6.07) is 7.74. The molecule has 148 valence electrons. The number of amides is 1. The van der Waals surface area contributed by atoms with Crippen molar-refractivity contribution in [2.75, 3.05) is 12.0 Å². The van der Waals surface area contributed by atoms with E-state index in [0.29, 0.717) is 22.3 Å². The number of thiazole rings is 2. The number of carbonyl (C=O) groups is 1. The van der Waals surface area contributed by atoms with E-state index in [2.05, 4.69) is 9.97 Å². The van der Waals surface area contributed by atoms with E-state index in [1.807, 2.05) is 45.0 Å². The van der Waals surface area contributed by atoms with E-state index >= 15 is 0 Å². The lowest BCUT2D eigenvalue weighted by atomic mass is 10.2. The first-order valence-corrected chi connectivity index (χ1v) is 10.7. The van der Waals surface area contributed by atoms with Crippen LogP contribution in [-0.4, -0.2) is 28.0 Å². The fraction of sp³-hybridized carbons (Fsp3) is 0.238. The predicted molar refractivity (Wildman–Crippen MR) is 117 cm³/mol. The summed E-state index contributed by atoms with van der Waals surface area (Å²) >= 11 is 2.90. The fourth-order valence-corrected chi connectivity index (χ4v) is 5.05. The monoisotopic (exact) mass is 424 g/mol. The minimum Gasteiger partial charge on any atom is -0.494 e. The van der Waals surface area contributed by atoms with Crippen LogP contribution in [0.5, 0.6) is 5.75 Å². The number of benzene rings is 1. The third kappa shape index (κ3) is 3.73. The molecule has 29 heavy (non-hydrogen) atoms. The van der Waals surface area contributed by atoms with Crippen molar-refractivity contribution in [3.63, 3.8) is 0 Å². The maximum absolute atomic E-state index is 13.5. The molecule has 0 aliphatic carbocycles. The van der Waals surface area contributed by atoms with Gasteiger partial charge in [-0.15, -0.1) is 11.3 Å². The molecule has 0 saturated carbocycles. The first-order chi connectivity index (χ1) is 14.0. The number of hydrogen-bond donors (Lipinski definition) is 0. The van der Waals surface area contributed by atoms with Crippen molar-refractivity contribution in [1.82, 2.24) is 15.0 Å². The van der Waals surface area contributed by atoms with Gasteiger partial charge in [0.1, 0.15) is 16.1 Å². The highest BCUT2D eigenvalue weighted by atomic mass is 32.1. The molecule has 0 fully saturated rings. The summed E-state index contributed by atoms with van der Waals surface area (Å²) in [7, 11) is 1.63. The molecule has 0 aliphatic rings. The van der Waals surface area contributed by atoms with Gasteiger partial charge in [-0.2, -0.15) is 0 Å². The summed E-state index contributed by atoms with van der Waals surface area (Å²) < 4.78 is 6.50. The molecule has 0 bridgehead atoms. The molecule has 1 amide bonds. The van der Waals surface area contributed by atoms with Gasteiger partial charge in [0.15, 0.2) is 5.13 Å². The van der Waals surface area contributed by atoms with Gasteiger partial charge in [0, 0.05) is 12.4 Å². The number of hydrogen-bond acceptors (Lipinski definition) is 7. The zero-order chi connectivity index (χ0) is 20.5. The van der Waals surface area contributed by atoms with Crippen molar-refractivity contribution >= 4 is 43.9 Å². The summed E-state index contributed by atoms with van der Waals surface area (Å²) in [5, 5.41) is 1.50. The second kappa shape index (κ2) is 7.88. The number of methoxy groups -OCH3 is 1. The number of rotatable bonds is 5. The normalized spacial score (nSPS) is 11.0. The number of aromatic nitrogens is 3. The third-order valence-corrected chi connectivity index (χ3v) is 6.82. The molecule has 0 N–H and O–H groups in total. The maximum atomic E-state index is 13.5. The lowest BCUT2D eigenvalue weighted by Gasteiger charge is -2.19. The summed E-state index contributed by atoms with van der Waals surface area (Å²) in [4.78, 5) is 29.2. The first-order valence-electron chi connectivity index (χ1n) is 9.07. The van der Waals surface area contributed by atoms with Crippen molar-refractivity contribution in [3.8, 4) is 5.75 Å². The van der Waals surface area contributed by atoms with Crippen LogP contribution in [0.4, 0.5) is 5.13 Å². The predicted octanol–water partition coefficient (Wildman–Crippen LogP) is 4.93. The van der Waals surface area contributed by atoms with E-state index in [1.54, 1.807) is 24.4 Å². The molecule has 4 aromatic rings. The SMILES string of the molecule is COc1ccc(C)c2sc(N(Cc3cccnc3)C(=O)c3sc(C)nc3C)nc12. The average molecular weight is 425 g/mol. The standard InChI is InChI=1S/C21H20N4O2S2/c1-12-7-8-16(27-4)17-18(12)29-21(24-17)25(11-15-6-5-9-22-10-15)20(26)19-13(2)23-14(3)28-19/h5-10H,11H2,1-4H3. The van der Waals surface area contributed by atoms with Gasteiger partial charge in [-0.05, 0) is 44.0 Å². The molecule has 0 spiro atoms. The Bertz CT molecular complexity index is 1180. The molecule has 3 heterocycles. The zero-order valence-corrected chi connectivity index (χ0v) is 18.2. The molecule has 0 atom stereocenters. The number of nitrogens with zero attached hydrogens (tertiary/aromatic N) is 4. The number of carbonyl (C=O) groups excluding carboxylic acids is 1. The van der Waals surface area contributed by atoms with E-state index in [1.165, 1.54) is 22.7 Å². The van der Waals surface area contributed by atoms with Gasteiger partial charge >= 0.3 is 0 Å². The fourth-order valence-electron chi connectivity index (χ4n) is 3.13. The Labute approximate surface area is 176 Å². The van der Waals surface area contributed by atoms with Gasteiger partial charge in [-0.25, -0.2) is 9.97 Å². The number of aryl methyl sites for hydroxylation is 3. The van der Waals surface area contributed by atoms with Crippen LogP contribution in [0, 0.1) is 20.8 Å². The second-order valence-corrected chi connectivity index (χ2v) is 8.84. The maximum Gasteiger partial charge on any atom is 0.272 e. The van der Waals surface area contributed by atoms with Gasteiger partial charge in [0.25, 0.3) is 5.91 Å². The Hall–Kier alpha value is -2.84. The molecule has 0 unspecified atom stereocenters. The highest BCUT2D eigenvalue weighted by Crippen LogP contribution is 2.37. The Kier molecular flexibility index (Phi) is 5.29. The number of pyridine rings is 1. The van der Waals surface area contributed by atoms with Crippen LogP contribution >= 0.6 is 22.7 Å². The zero-order valence-electron chi connectivity index (χ0n) is 16.6. The van der Waals surface area contributed by atoms with E-state index in [-0.39, 0.29) is 5.91 Å². The highest BCUT2D eigenvalue weighted by molar-refractivity contribution is 7.22. The van der Waals surface area contributed by atoms with Crippen molar-refractivity contribution < 1.29 is 9.53 Å². The van der Waals surface area contributed by atoms with E-state index in [9.17, 15) is 4.79 Å². The van der Waals surface area contributed by atoms with Crippen LogP contribution in [0.2, 0.25) is 0 Å². The minimum absolute atomic E-state index is 0.104. The molecule has 0 radical (unpaired) electrons. The Morgan fingerprint density at radius 1 is 1.14 bits per heavy atom. The van der Waals surface area contributed by atoms with E-state index < -0.39 is 0 Å². The van der Waals surface area contributed by atoms with Gasteiger partial charge in [0.05, 0.1) is 29.1 Å². The molecule has 0 aliphatic heterocycles. The Morgan fingerprint density at radius 2 is 1.97 bits per heavy atom. The quantitative estimate of drug-likeness (QED) is 0.454. The number of anilines is 1. The van der Waals surface area contributed by atoms with Crippen molar-refractivity contribution in [2.45, 2.75) is 27.3 Å². The highest BCUT2D eigenvalue weighted by Gasteiger charge is 2.26. The van der Waals surface area contributed by atoms with E-state index in [4.69, 9.17) is 9.72 Å². The molecule has 1 aromatic carbocycles. The minimum atomic E-state index is -0.104. The summed E-state index contributed by atoms with van der Waals surface area (Å²) in [5.41, 5.74) is 3.54. The molecular weight excluding hydrogens is 404 g/mol. The van der Waals surface area contributed by atoms with Crippen LogP contribution < -0.4 is 9.64 Å². The van der Waals surface area contributed by atoms with Gasteiger partial charge in [0.2, 0.25) is 0 Å². The lowest BCUT2D eigenvalue weighted by Crippen LogP contribution is -2.30. The molecule has 0 saturated heterocycles. The van der Waals surface area contributed by atoms with Crippen LogP contribution in [0.15, 0.2) is 36.7 Å². The molecule has 3 aromatic heterocycles. The Morgan fingerprint density at radius 3 is 2.62 bits per heavy atom. The van der Waals surface area contributed by atoms with Crippen LogP contribution in [-0.2, 0) is 6.54 Å². The van der Waals surface area contributed by atoms with Crippen LogP contribution in [0.25, 0.3) is 10.2 Å². The van der Waals surface area contributed by atoms with E-state index in [0.717, 1.165) is 32.0 Å².